The Hall–Kier alpha value is -2.14. The number of hydrogen-bond donors (Lipinski definition) is 1. The molecule has 0 aliphatic rings. The molecular formula is C16H17NO3S. The highest BCUT2D eigenvalue weighted by Gasteiger charge is 2.12. The van der Waals surface area contributed by atoms with E-state index in [1.54, 1.807) is 6.07 Å². The topological polar surface area (TPSA) is 55.4 Å². The van der Waals surface area contributed by atoms with Crippen molar-refractivity contribution >= 4 is 28.9 Å². The van der Waals surface area contributed by atoms with Gasteiger partial charge in [-0.2, -0.15) is 0 Å². The van der Waals surface area contributed by atoms with Gasteiger partial charge in [0.2, 0.25) is 0 Å². The summed E-state index contributed by atoms with van der Waals surface area (Å²) in [6.45, 7) is 3.67. The fraction of sp³-hybridized carbons (Fsp3) is 0.250. The van der Waals surface area contributed by atoms with Crippen LogP contribution < -0.4 is 5.32 Å². The largest absolute Gasteiger partial charge is 0.451 e. The first-order chi connectivity index (χ1) is 10.1. The summed E-state index contributed by atoms with van der Waals surface area (Å²) in [6.07, 6.45) is 0.899. The molecule has 0 radical (unpaired) electrons. The van der Waals surface area contributed by atoms with Gasteiger partial charge in [-0.25, -0.2) is 4.79 Å². The third kappa shape index (κ3) is 4.43. The maximum atomic E-state index is 11.8. The average Bonchev–Trinajstić information content (AvgIpc) is 2.91. The van der Waals surface area contributed by atoms with Crippen LogP contribution in [0, 0.1) is 6.92 Å². The van der Waals surface area contributed by atoms with Crippen LogP contribution in [-0.4, -0.2) is 18.5 Å². The number of benzene rings is 1. The SMILES string of the molecule is CCc1cccc(NC(=O)COC(=O)c2ccc(C)s2)c1. The van der Waals surface area contributed by atoms with E-state index in [9.17, 15) is 9.59 Å². The first-order valence-corrected chi connectivity index (χ1v) is 7.52. The molecule has 1 amide bonds. The summed E-state index contributed by atoms with van der Waals surface area (Å²) < 4.78 is 4.99. The molecule has 1 aromatic carbocycles. The van der Waals surface area contributed by atoms with Gasteiger partial charge in [-0.15, -0.1) is 11.3 Å². The number of thiophene rings is 1. The molecule has 5 heteroatoms. The predicted octanol–water partition coefficient (Wildman–Crippen LogP) is 3.41. The molecule has 0 unspecified atom stereocenters. The Balaban J connectivity index is 1.85. The van der Waals surface area contributed by atoms with E-state index >= 15 is 0 Å². The molecule has 0 saturated carbocycles. The van der Waals surface area contributed by atoms with Gasteiger partial charge in [0.05, 0.1) is 0 Å². The van der Waals surface area contributed by atoms with Crippen LogP contribution in [-0.2, 0) is 16.0 Å². The molecule has 2 aromatic rings. The van der Waals surface area contributed by atoms with E-state index in [0.29, 0.717) is 10.6 Å². The van der Waals surface area contributed by atoms with Crippen LogP contribution in [0.2, 0.25) is 0 Å². The van der Waals surface area contributed by atoms with Gasteiger partial charge in [0, 0.05) is 10.6 Å². The monoisotopic (exact) mass is 303 g/mol. The Morgan fingerprint density at radius 1 is 1.24 bits per heavy atom. The van der Waals surface area contributed by atoms with Crippen LogP contribution >= 0.6 is 11.3 Å². The van der Waals surface area contributed by atoms with Crippen LogP contribution in [0.5, 0.6) is 0 Å². The summed E-state index contributed by atoms with van der Waals surface area (Å²) in [5.74, 6) is -0.810. The molecule has 2 rings (SSSR count). The van der Waals surface area contributed by atoms with Crippen molar-refractivity contribution in [1.29, 1.82) is 0 Å². The second-order valence-electron chi connectivity index (χ2n) is 4.59. The van der Waals surface area contributed by atoms with Gasteiger partial charge in [0.25, 0.3) is 5.91 Å². The quantitative estimate of drug-likeness (QED) is 0.861. The van der Waals surface area contributed by atoms with Gasteiger partial charge in [-0.05, 0) is 43.2 Å². The number of anilines is 1. The number of carbonyl (C=O) groups is 2. The molecule has 110 valence electrons. The van der Waals surface area contributed by atoms with Gasteiger partial charge in [0.15, 0.2) is 6.61 Å². The number of hydrogen-bond acceptors (Lipinski definition) is 4. The van der Waals surface area contributed by atoms with Crippen molar-refractivity contribution in [1.82, 2.24) is 0 Å². The molecule has 0 fully saturated rings. The van der Waals surface area contributed by atoms with Crippen molar-refractivity contribution in [2.45, 2.75) is 20.3 Å². The average molecular weight is 303 g/mol. The number of aryl methyl sites for hydroxylation is 2. The van der Waals surface area contributed by atoms with Crippen LogP contribution in [0.25, 0.3) is 0 Å². The van der Waals surface area contributed by atoms with Gasteiger partial charge < -0.3 is 10.1 Å². The molecule has 0 aliphatic carbocycles. The number of amides is 1. The number of carbonyl (C=O) groups excluding carboxylic acids is 2. The van der Waals surface area contributed by atoms with Crippen LogP contribution in [0.4, 0.5) is 5.69 Å². The van der Waals surface area contributed by atoms with Crippen molar-refractivity contribution in [2.75, 3.05) is 11.9 Å². The molecule has 0 atom stereocenters. The molecule has 0 spiro atoms. The van der Waals surface area contributed by atoms with E-state index < -0.39 is 5.97 Å². The molecule has 1 heterocycles. The van der Waals surface area contributed by atoms with E-state index in [-0.39, 0.29) is 12.5 Å². The third-order valence-corrected chi connectivity index (χ3v) is 3.88. The first-order valence-electron chi connectivity index (χ1n) is 6.71. The smallest absolute Gasteiger partial charge is 0.348 e. The van der Waals surface area contributed by atoms with Crippen LogP contribution in [0.1, 0.15) is 27.0 Å². The minimum absolute atomic E-state index is 0.286. The zero-order valence-electron chi connectivity index (χ0n) is 12.0. The highest BCUT2D eigenvalue weighted by molar-refractivity contribution is 7.13. The van der Waals surface area contributed by atoms with E-state index in [2.05, 4.69) is 5.32 Å². The highest BCUT2D eigenvalue weighted by atomic mass is 32.1. The standard InChI is InChI=1S/C16H17NO3S/c1-3-12-5-4-6-13(9-12)17-15(18)10-20-16(19)14-8-7-11(2)21-14/h4-9H,3,10H2,1-2H3,(H,17,18). The molecular weight excluding hydrogens is 286 g/mol. The zero-order chi connectivity index (χ0) is 15.2. The fourth-order valence-corrected chi connectivity index (χ4v) is 2.57. The molecule has 0 bridgehead atoms. The number of esters is 1. The lowest BCUT2D eigenvalue weighted by atomic mass is 10.1. The maximum Gasteiger partial charge on any atom is 0.348 e. The van der Waals surface area contributed by atoms with Gasteiger partial charge in [-0.1, -0.05) is 19.1 Å². The Morgan fingerprint density at radius 3 is 2.71 bits per heavy atom. The maximum absolute atomic E-state index is 11.8. The number of nitrogens with one attached hydrogen (secondary N) is 1. The second kappa shape index (κ2) is 7.04. The lowest BCUT2D eigenvalue weighted by Crippen LogP contribution is -2.20. The predicted molar refractivity (Wildman–Crippen MR) is 83.8 cm³/mol. The lowest BCUT2D eigenvalue weighted by molar-refractivity contribution is -0.119. The minimum Gasteiger partial charge on any atom is -0.451 e. The summed E-state index contributed by atoms with van der Waals surface area (Å²) in [6, 6.07) is 11.1. The summed E-state index contributed by atoms with van der Waals surface area (Å²) in [4.78, 5) is 25.0. The van der Waals surface area contributed by atoms with E-state index in [0.717, 1.165) is 16.9 Å². The Bertz CT molecular complexity index is 648. The molecule has 0 aliphatic heterocycles. The van der Waals surface area contributed by atoms with Crippen LogP contribution in [0.3, 0.4) is 0 Å². The minimum atomic E-state index is -0.467. The zero-order valence-corrected chi connectivity index (χ0v) is 12.8. The van der Waals surface area contributed by atoms with Gasteiger partial charge in [0.1, 0.15) is 4.88 Å². The molecule has 0 saturated heterocycles. The molecule has 21 heavy (non-hydrogen) atoms. The Kier molecular flexibility index (Phi) is 5.11. The Morgan fingerprint density at radius 2 is 2.05 bits per heavy atom. The van der Waals surface area contributed by atoms with E-state index in [1.807, 2.05) is 44.2 Å². The second-order valence-corrected chi connectivity index (χ2v) is 5.88. The van der Waals surface area contributed by atoms with Crippen molar-refractivity contribution in [2.24, 2.45) is 0 Å². The number of ether oxygens (including phenoxy) is 1. The third-order valence-electron chi connectivity index (χ3n) is 2.89. The van der Waals surface area contributed by atoms with Crippen molar-refractivity contribution in [3.8, 4) is 0 Å². The van der Waals surface area contributed by atoms with Gasteiger partial charge >= 0.3 is 5.97 Å². The summed E-state index contributed by atoms with van der Waals surface area (Å²) in [5, 5.41) is 2.72. The van der Waals surface area contributed by atoms with Crippen molar-refractivity contribution in [3.05, 3.63) is 51.7 Å². The summed E-state index contributed by atoms with van der Waals surface area (Å²) >= 11 is 1.35. The number of rotatable bonds is 5. The van der Waals surface area contributed by atoms with E-state index in [4.69, 9.17) is 4.74 Å². The molecule has 4 nitrogen and oxygen atoms in total. The fourth-order valence-electron chi connectivity index (χ4n) is 1.81. The summed E-state index contributed by atoms with van der Waals surface area (Å²) in [5.41, 5.74) is 1.85. The van der Waals surface area contributed by atoms with E-state index in [1.165, 1.54) is 11.3 Å². The molecule has 1 N–H and O–H groups in total. The van der Waals surface area contributed by atoms with Crippen LogP contribution in [0.15, 0.2) is 36.4 Å². The highest BCUT2D eigenvalue weighted by Crippen LogP contribution is 2.16. The summed E-state index contributed by atoms with van der Waals surface area (Å²) in [7, 11) is 0. The normalized spacial score (nSPS) is 10.2. The first kappa shape index (κ1) is 15.3. The Labute approximate surface area is 127 Å². The van der Waals surface area contributed by atoms with Crippen molar-refractivity contribution in [3.63, 3.8) is 0 Å². The lowest BCUT2D eigenvalue weighted by Gasteiger charge is -2.07. The molecule has 1 aromatic heterocycles. The van der Waals surface area contributed by atoms with Crippen molar-refractivity contribution < 1.29 is 14.3 Å². The van der Waals surface area contributed by atoms with Gasteiger partial charge in [-0.3, -0.25) is 4.79 Å².